The lowest BCUT2D eigenvalue weighted by Crippen LogP contribution is -2.31. The molecule has 13 nitrogen and oxygen atoms in total. The third kappa shape index (κ3) is 5.96. The van der Waals surface area contributed by atoms with Crippen molar-refractivity contribution in [1.82, 2.24) is 19.0 Å². The number of rotatable bonds is 10. The van der Waals surface area contributed by atoms with E-state index >= 15 is 0 Å². The Morgan fingerprint density at radius 3 is 2.11 bits per heavy atom. The molecule has 0 aliphatic heterocycles. The van der Waals surface area contributed by atoms with Gasteiger partial charge in [0.05, 0.1) is 28.2 Å². The number of carbonyl (C=O) groups excluding carboxylic acids is 4. The molecule has 0 aliphatic rings. The summed E-state index contributed by atoms with van der Waals surface area (Å²) < 4.78 is 4.92. The summed E-state index contributed by atoms with van der Waals surface area (Å²) in [5.74, 6) is 0.0932. The lowest BCUT2D eigenvalue weighted by Gasteiger charge is -2.05. The lowest BCUT2D eigenvalue weighted by atomic mass is 10.2. The summed E-state index contributed by atoms with van der Waals surface area (Å²) in [6.45, 7) is 0.215. The van der Waals surface area contributed by atoms with E-state index in [1.54, 1.807) is 71.6 Å². The van der Waals surface area contributed by atoms with Crippen LogP contribution in [0.15, 0.2) is 36.8 Å². The number of nitrogens with two attached hydrogens (primary N) is 1. The van der Waals surface area contributed by atoms with E-state index in [-0.39, 0.29) is 24.6 Å². The zero-order valence-corrected chi connectivity index (χ0v) is 19.5. The summed E-state index contributed by atoms with van der Waals surface area (Å²) in [5.41, 5.74) is 7.00. The normalized spacial score (nSPS) is 10.5. The second-order valence-electron chi connectivity index (χ2n) is 7.86. The molecule has 3 rings (SSSR count). The van der Waals surface area contributed by atoms with E-state index in [0.717, 1.165) is 0 Å². The molecule has 0 aliphatic carbocycles. The number of amides is 5. The summed E-state index contributed by atoms with van der Waals surface area (Å²) in [5, 5.41) is 18.7. The Morgan fingerprint density at radius 2 is 1.49 bits per heavy atom. The Morgan fingerprint density at radius 1 is 0.914 bits per heavy atom. The maximum absolute atomic E-state index is 12.8. The number of carbonyl (C=O) groups is 4. The second kappa shape index (κ2) is 10.4. The number of anilines is 3. The minimum atomic E-state index is -0.663. The minimum absolute atomic E-state index is 0.215. The Bertz CT molecular complexity index is 1300. The highest BCUT2D eigenvalue weighted by atomic mass is 16.2. The maximum Gasteiger partial charge on any atom is 0.312 e. The van der Waals surface area contributed by atoms with Crippen LogP contribution in [0, 0.1) is 5.41 Å². The van der Waals surface area contributed by atoms with Crippen LogP contribution in [0.2, 0.25) is 0 Å². The van der Waals surface area contributed by atoms with E-state index in [4.69, 9.17) is 11.1 Å². The number of nitrogens with zero attached hydrogens (tertiary/aromatic N) is 3. The van der Waals surface area contributed by atoms with Gasteiger partial charge in [-0.25, -0.2) is 4.79 Å². The van der Waals surface area contributed by atoms with E-state index in [9.17, 15) is 19.2 Å². The molecule has 184 valence electrons. The first kappa shape index (κ1) is 24.8. The van der Waals surface area contributed by atoms with Crippen LogP contribution in [-0.2, 0) is 25.9 Å². The summed E-state index contributed by atoms with van der Waals surface area (Å²) in [6, 6.07) is 4.08. The van der Waals surface area contributed by atoms with Crippen LogP contribution in [0.4, 0.5) is 22.1 Å². The van der Waals surface area contributed by atoms with Crippen molar-refractivity contribution in [2.75, 3.05) is 22.5 Å². The Kier molecular flexibility index (Phi) is 7.39. The Balaban J connectivity index is 1.67. The molecule has 5 amide bonds. The quantitative estimate of drug-likeness (QED) is 0.188. The van der Waals surface area contributed by atoms with Crippen molar-refractivity contribution >= 4 is 47.3 Å². The number of aromatic nitrogens is 3. The molecule has 0 atom stereocenters. The van der Waals surface area contributed by atoms with Crippen molar-refractivity contribution in [1.29, 1.82) is 5.41 Å². The fraction of sp³-hybridized carbons (Fsp3) is 0.227. The van der Waals surface area contributed by atoms with Crippen molar-refractivity contribution < 1.29 is 19.2 Å². The molecule has 7 N–H and O–H groups in total. The van der Waals surface area contributed by atoms with Crippen LogP contribution in [0.25, 0.3) is 0 Å². The summed E-state index contributed by atoms with van der Waals surface area (Å²) in [7, 11) is 5.13. The smallest absolute Gasteiger partial charge is 0.312 e. The van der Waals surface area contributed by atoms with Gasteiger partial charge in [-0.15, -0.1) is 0 Å². The predicted octanol–water partition coefficient (Wildman–Crippen LogP) is 1.20. The SMILES string of the molecule is Cn1cc(NC=O)cc1NC(=O)c1cc(NC(=O)c2cc(C(=N)CCNC(N)=O)n(C)c2)n(C)c1. The average Bonchev–Trinajstić information content (AvgIpc) is 3.45. The number of hydrogen-bond acceptors (Lipinski definition) is 5. The molecule has 3 aromatic heterocycles. The van der Waals surface area contributed by atoms with Gasteiger partial charge >= 0.3 is 6.03 Å². The molecular weight excluding hydrogens is 454 g/mol. The van der Waals surface area contributed by atoms with Crippen LogP contribution in [0.1, 0.15) is 32.8 Å². The standard InChI is InChI=1S/C22H27N9O4/c1-29-9-13(6-17(29)16(23)4-5-25-22(24)35)20(33)27-18-7-14(10-30(18)2)21(34)28-19-8-15(26-12-32)11-31(19)3/h6-12,23H,4-5H2,1-3H3,(H,26,32)(H,27,33)(H,28,34)(H3,24,25,35). The summed E-state index contributed by atoms with van der Waals surface area (Å²) in [6.07, 6.45) is 5.63. The topological polar surface area (TPSA) is 181 Å². The number of urea groups is 1. The Hall–Kier alpha value is -4.81. The summed E-state index contributed by atoms with van der Waals surface area (Å²) in [4.78, 5) is 46.9. The first-order chi connectivity index (χ1) is 16.6. The molecule has 35 heavy (non-hydrogen) atoms. The number of aryl methyl sites for hydroxylation is 3. The van der Waals surface area contributed by atoms with Gasteiger partial charge in [0.1, 0.15) is 11.6 Å². The highest BCUT2D eigenvalue weighted by molar-refractivity contribution is 6.08. The third-order valence-electron chi connectivity index (χ3n) is 5.23. The molecule has 0 saturated heterocycles. The van der Waals surface area contributed by atoms with Crippen molar-refractivity contribution in [3.05, 3.63) is 53.6 Å². The van der Waals surface area contributed by atoms with Crippen LogP contribution < -0.4 is 27.0 Å². The zero-order chi connectivity index (χ0) is 25.7. The fourth-order valence-corrected chi connectivity index (χ4v) is 3.45. The van der Waals surface area contributed by atoms with E-state index in [1.165, 1.54) is 0 Å². The van der Waals surface area contributed by atoms with Crippen LogP contribution in [0.3, 0.4) is 0 Å². The van der Waals surface area contributed by atoms with Crippen LogP contribution in [0.5, 0.6) is 0 Å². The predicted molar refractivity (Wildman–Crippen MR) is 131 cm³/mol. The van der Waals surface area contributed by atoms with E-state index in [0.29, 0.717) is 40.6 Å². The van der Waals surface area contributed by atoms with Gasteiger partial charge in [-0.1, -0.05) is 0 Å². The fourth-order valence-electron chi connectivity index (χ4n) is 3.45. The van der Waals surface area contributed by atoms with Crippen LogP contribution in [-0.4, -0.2) is 50.2 Å². The number of nitrogens with one attached hydrogen (secondary N) is 5. The second-order valence-corrected chi connectivity index (χ2v) is 7.86. The zero-order valence-electron chi connectivity index (χ0n) is 19.5. The average molecular weight is 482 g/mol. The van der Waals surface area contributed by atoms with Gasteiger partial charge in [-0.2, -0.15) is 0 Å². The van der Waals surface area contributed by atoms with Gasteiger partial charge in [-0.05, 0) is 12.1 Å². The Labute approximate surface area is 200 Å². The molecule has 0 fully saturated rings. The van der Waals surface area contributed by atoms with Crippen LogP contribution >= 0.6 is 0 Å². The molecule has 0 spiro atoms. The molecule has 13 heteroatoms. The van der Waals surface area contributed by atoms with Crippen molar-refractivity contribution in [3.63, 3.8) is 0 Å². The number of primary amides is 1. The maximum atomic E-state index is 12.8. The molecular formula is C22H27N9O4. The molecule has 3 aromatic rings. The van der Waals surface area contributed by atoms with Crippen molar-refractivity contribution in [3.8, 4) is 0 Å². The van der Waals surface area contributed by atoms with Gasteiger partial charge in [0.25, 0.3) is 11.8 Å². The monoisotopic (exact) mass is 481 g/mol. The van der Waals surface area contributed by atoms with E-state index in [1.807, 2.05) is 0 Å². The molecule has 0 unspecified atom stereocenters. The van der Waals surface area contributed by atoms with Crippen molar-refractivity contribution in [2.45, 2.75) is 6.42 Å². The molecule has 0 aromatic carbocycles. The van der Waals surface area contributed by atoms with Gasteiger partial charge in [-0.3, -0.25) is 14.4 Å². The van der Waals surface area contributed by atoms with Gasteiger partial charge in [0, 0.05) is 58.8 Å². The highest BCUT2D eigenvalue weighted by Crippen LogP contribution is 2.20. The van der Waals surface area contributed by atoms with E-state index < -0.39 is 11.9 Å². The first-order valence-electron chi connectivity index (χ1n) is 10.5. The van der Waals surface area contributed by atoms with Gasteiger partial charge in [0.15, 0.2) is 0 Å². The molecule has 0 radical (unpaired) electrons. The molecule has 3 heterocycles. The third-order valence-corrected chi connectivity index (χ3v) is 5.23. The lowest BCUT2D eigenvalue weighted by molar-refractivity contribution is -0.105. The number of hydrogen-bond donors (Lipinski definition) is 6. The van der Waals surface area contributed by atoms with Gasteiger partial charge in [0.2, 0.25) is 6.41 Å². The highest BCUT2D eigenvalue weighted by Gasteiger charge is 2.17. The molecule has 0 bridgehead atoms. The minimum Gasteiger partial charge on any atom is -0.352 e. The van der Waals surface area contributed by atoms with Gasteiger partial charge < -0.3 is 46.1 Å². The van der Waals surface area contributed by atoms with Crippen molar-refractivity contribution in [2.24, 2.45) is 26.9 Å². The molecule has 0 saturated carbocycles. The van der Waals surface area contributed by atoms with E-state index in [2.05, 4.69) is 21.3 Å². The first-order valence-corrected chi connectivity index (χ1v) is 10.5. The summed E-state index contributed by atoms with van der Waals surface area (Å²) >= 11 is 0. The largest absolute Gasteiger partial charge is 0.352 e.